The van der Waals surface area contributed by atoms with E-state index in [2.05, 4.69) is 5.32 Å². The predicted octanol–water partition coefficient (Wildman–Crippen LogP) is -0.680. The highest BCUT2D eigenvalue weighted by atomic mass is 16.2. The summed E-state index contributed by atoms with van der Waals surface area (Å²) in [5.41, 5.74) is 4.67. The van der Waals surface area contributed by atoms with Gasteiger partial charge in [-0.2, -0.15) is 0 Å². The lowest BCUT2D eigenvalue weighted by molar-refractivity contribution is -0.143. The number of carbonyl (C=O) groups excluding carboxylic acids is 2. The standard InChI is InChI=1S/C10H19N3O2/c1-10(4-3-5-12-7-10)9(15)13(2)6-8(11)14/h12H,3-7H2,1-2H3,(H2,11,14). The number of nitrogens with zero attached hydrogens (tertiary/aromatic N) is 1. The Kier molecular flexibility index (Phi) is 3.68. The van der Waals surface area contributed by atoms with Crippen LogP contribution < -0.4 is 11.1 Å². The van der Waals surface area contributed by atoms with E-state index in [1.54, 1.807) is 7.05 Å². The van der Waals surface area contributed by atoms with E-state index in [1.165, 1.54) is 4.90 Å². The lowest BCUT2D eigenvalue weighted by Gasteiger charge is -2.35. The highest BCUT2D eigenvalue weighted by molar-refractivity contribution is 5.87. The molecule has 1 rings (SSSR count). The molecule has 0 spiro atoms. The molecule has 5 heteroatoms. The normalized spacial score (nSPS) is 26.0. The number of nitrogens with two attached hydrogens (primary N) is 1. The molecular formula is C10H19N3O2. The van der Waals surface area contributed by atoms with Gasteiger partial charge < -0.3 is 16.0 Å². The molecule has 1 atom stereocenters. The first kappa shape index (κ1) is 12.0. The molecule has 0 aromatic rings. The zero-order chi connectivity index (χ0) is 11.5. The van der Waals surface area contributed by atoms with E-state index in [1.807, 2.05) is 6.92 Å². The summed E-state index contributed by atoms with van der Waals surface area (Å²) in [5, 5.41) is 3.20. The summed E-state index contributed by atoms with van der Waals surface area (Å²) in [6.07, 6.45) is 1.86. The maximum Gasteiger partial charge on any atom is 0.237 e. The van der Waals surface area contributed by atoms with Gasteiger partial charge in [-0.25, -0.2) is 0 Å². The number of likely N-dealkylation sites (N-methyl/N-ethyl adjacent to an activating group) is 1. The van der Waals surface area contributed by atoms with E-state index >= 15 is 0 Å². The van der Waals surface area contributed by atoms with Gasteiger partial charge in [0.25, 0.3) is 0 Å². The highest BCUT2D eigenvalue weighted by Gasteiger charge is 2.36. The Morgan fingerprint density at radius 3 is 2.67 bits per heavy atom. The van der Waals surface area contributed by atoms with Gasteiger partial charge in [0.1, 0.15) is 0 Å². The zero-order valence-electron chi connectivity index (χ0n) is 9.38. The first-order chi connectivity index (χ1) is 6.96. The van der Waals surface area contributed by atoms with E-state index in [-0.39, 0.29) is 17.9 Å². The number of primary amides is 1. The summed E-state index contributed by atoms with van der Waals surface area (Å²) in [7, 11) is 1.62. The maximum absolute atomic E-state index is 12.0. The molecule has 3 N–H and O–H groups in total. The summed E-state index contributed by atoms with van der Waals surface area (Å²) < 4.78 is 0. The first-order valence-corrected chi connectivity index (χ1v) is 5.20. The fourth-order valence-electron chi connectivity index (χ4n) is 2.01. The second-order valence-electron chi connectivity index (χ2n) is 4.47. The predicted molar refractivity (Wildman–Crippen MR) is 57.0 cm³/mol. The Bertz CT molecular complexity index is 259. The van der Waals surface area contributed by atoms with E-state index in [4.69, 9.17) is 5.73 Å². The SMILES string of the molecule is CN(CC(N)=O)C(=O)C1(C)CCCNC1. The number of piperidine rings is 1. The number of amides is 2. The molecule has 1 heterocycles. The van der Waals surface area contributed by atoms with Crippen molar-refractivity contribution in [2.24, 2.45) is 11.1 Å². The quantitative estimate of drug-likeness (QED) is 0.652. The summed E-state index contributed by atoms with van der Waals surface area (Å²) in [6, 6.07) is 0. The second-order valence-corrected chi connectivity index (χ2v) is 4.47. The van der Waals surface area contributed by atoms with Gasteiger partial charge in [-0.1, -0.05) is 0 Å². The van der Waals surface area contributed by atoms with Crippen LogP contribution in [-0.2, 0) is 9.59 Å². The molecule has 86 valence electrons. The fraction of sp³-hybridized carbons (Fsp3) is 0.800. The van der Waals surface area contributed by atoms with Crippen molar-refractivity contribution in [1.82, 2.24) is 10.2 Å². The van der Waals surface area contributed by atoms with Crippen molar-refractivity contribution in [3.63, 3.8) is 0 Å². The van der Waals surface area contributed by atoms with Crippen LogP contribution >= 0.6 is 0 Å². The molecule has 1 fully saturated rings. The minimum Gasteiger partial charge on any atom is -0.368 e. The fourth-order valence-corrected chi connectivity index (χ4v) is 2.01. The lowest BCUT2D eigenvalue weighted by atomic mass is 9.81. The molecule has 0 aromatic carbocycles. The monoisotopic (exact) mass is 213 g/mol. The molecule has 0 bridgehead atoms. The average molecular weight is 213 g/mol. The third kappa shape index (κ3) is 2.92. The largest absolute Gasteiger partial charge is 0.368 e. The number of nitrogens with one attached hydrogen (secondary N) is 1. The average Bonchev–Trinajstić information content (AvgIpc) is 2.16. The van der Waals surface area contributed by atoms with Crippen LogP contribution in [0.2, 0.25) is 0 Å². The van der Waals surface area contributed by atoms with Crippen molar-refractivity contribution >= 4 is 11.8 Å². The zero-order valence-corrected chi connectivity index (χ0v) is 9.38. The molecule has 0 radical (unpaired) electrons. The van der Waals surface area contributed by atoms with Gasteiger partial charge in [0.2, 0.25) is 11.8 Å². The summed E-state index contributed by atoms with van der Waals surface area (Å²) in [6.45, 7) is 3.56. The highest BCUT2D eigenvalue weighted by Crippen LogP contribution is 2.27. The van der Waals surface area contributed by atoms with Crippen LogP contribution in [0.4, 0.5) is 0 Å². The van der Waals surface area contributed by atoms with Gasteiger partial charge in [0.15, 0.2) is 0 Å². The van der Waals surface area contributed by atoms with E-state index < -0.39 is 5.91 Å². The molecule has 15 heavy (non-hydrogen) atoms. The number of carbonyl (C=O) groups is 2. The van der Waals surface area contributed by atoms with Gasteiger partial charge in [-0.15, -0.1) is 0 Å². The summed E-state index contributed by atoms with van der Waals surface area (Å²) in [5.74, 6) is -0.480. The Balaban J connectivity index is 2.61. The second kappa shape index (κ2) is 4.61. The van der Waals surface area contributed by atoms with Crippen LogP contribution in [-0.4, -0.2) is 43.4 Å². The molecule has 0 aliphatic carbocycles. The maximum atomic E-state index is 12.0. The van der Waals surface area contributed by atoms with Crippen LogP contribution in [0.15, 0.2) is 0 Å². The Morgan fingerprint density at radius 2 is 2.20 bits per heavy atom. The van der Waals surface area contributed by atoms with Gasteiger partial charge in [0.05, 0.1) is 12.0 Å². The third-order valence-corrected chi connectivity index (χ3v) is 2.85. The Morgan fingerprint density at radius 1 is 1.53 bits per heavy atom. The van der Waals surface area contributed by atoms with Crippen LogP contribution in [0.1, 0.15) is 19.8 Å². The van der Waals surface area contributed by atoms with Gasteiger partial charge in [-0.05, 0) is 26.3 Å². The van der Waals surface area contributed by atoms with Gasteiger partial charge in [0, 0.05) is 13.6 Å². The first-order valence-electron chi connectivity index (χ1n) is 5.20. The topological polar surface area (TPSA) is 75.4 Å². The number of hydrogen-bond acceptors (Lipinski definition) is 3. The molecule has 1 saturated heterocycles. The van der Waals surface area contributed by atoms with Crippen LogP contribution in [0, 0.1) is 5.41 Å². The van der Waals surface area contributed by atoms with Crippen LogP contribution in [0.5, 0.6) is 0 Å². The Labute approximate surface area is 90.0 Å². The molecule has 0 saturated carbocycles. The molecule has 5 nitrogen and oxygen atoms in total. The van der Waals surface area contributed by atoms with Crippen LogP contribution in [0.3, 0.4) is 0 Å². The molecular weight excluding hydrogens is 194 g/mol. The number of hydrogen-bond donors (Lipinski definition) is 2. The third-order valence-electron chi connectivity index (χ3n) is 2.85. The summed E-state index contributed by atoms with van der Waals surface area (Å²) >= 11 is 0. The van der Waals surface area contributed by atoms with Crippen molar-refractivity contribution in [1.29, 1.82) is 0 Å². The van der Waals surface area contributed by atoms with Crippen molar-refractivity contribution < 1.29 is 9.59 Å². The van der Waals surface area contributed by atoms with E-state index in [0.29, 0.717) is 6.54 Å². The summed E-state index contributed by atoms with van der Waals surface area (Å²) in [4.78, 5) is 24.2. The van der Waals surface area contributed by atoms with Crippen molar-refractivity contribution in [3.05, 3.63) is 0 Å². The molecule has 1 unspecified atom stereocenters. The van der Waals surface area contributed by atoms with Crippen molar-refractivity contribution in [3.8, 4) is 0 Å². The van der Waals surface area contributed by atoms with E-state index in [0.717, 1.165) is 19.4 Å². The smallest absolute Gasteiger partial charge is 0.237 e. The molecule has 0 aromatic heterocycles. The Hall–Kier alpha value is -1.10. The minimum absolute atomic E-state index is 0.00553. The lowest BCUT2D eigenvalue weighted by Crippen LogP contribution is -2.50. The van der Waals surface area contributed by atoms with Gasteiger partial charge in [-0.3, -0.25) is 9.59 Å². The molecule has 1 aliphatic rings. The molecule has 1 aliphatic heterocycles. The van der Waals surface area contributed by atoms with E-state index in [9.17, 15) is 9.59 Å². The minimum atomic E-state index is -0.474. The van der Waals surface area contributed by atoms with Crippen molar-refractivity contribution in [2.75, 3.05) is 26.7 Å². The van der Waals surface area contributed by atoms with Crippen molar-refractivity contribution in [2.45, 2.75) is 19.8 Å². The molecule has 2 amide bonds. The van der Waals surface area contributed by atoms with Crippen LogP contribution in [0.25, 0.3) is 0 Å². The number of rotatable bonds is 3. The van der Waals surface area contributed by atoms with Gasteiger partial charge >= 0.3 is 0 Å².